The zero-order valence-corrected chi connectivity index (χ0v) is 17.0. The molecule has 0 bridgehead atoms. The van der Waals surface area contributed by atoms with Crippen LogP contribution in [0.2, 0.25) is 0 Å². The van der Waals surface area contributed by atoms with Crippen LogP contribution in [0.3, 0.4) is 0 Å². The molecule has 2 amide bonds. The molecule has 0 atom stereocenters. The van der Waals surface area contributed by atoms with Gasteiger partial charge in [0.05, 0.1) is 18.8 Å². The fraction of sp³-hybridized carbons (Fsp3) is 0.273. The van der Waals surface area contributed by atoms with Crippen LogP contribution < -0.4 is 9.47 Å². The van der Waals surface area contributed by atoms with E-state index in [0.717, 1.165) is 10.5 Å². The number of rotatable bonds is 8. The van der Waals surface area contributed by atoms with Gasteiger partial charge >= 0.3 is 0 Å². The molecule has 7 heteroatoms. The molecule has 0 fully saturated rings. The van der Waals surface area contributed by atoms with E-state index in [1.54, 1.807) is 0 Å². The molecule has 152 valence electrons. The molecule has 2 aromatic rings. The molecule has 0 saturated carbocycles. The summed E-state index contributed by atoms with van der Waals surface area (Å²) in [4.78, 5) is 26.4. The first kappa shape index (κ1) is 20.9. The first-order valence-corrected chi connectivity index (χ1v) is 9.74. The van der Waals surface area contributed by atoms with Crippen molar-refractivity contribution in [3.8, 4) is 11.5 Å². The van der Waals surface area contributed by atoms with E-state index in [-0.39, 0.29) is 17.2 Å². The van der Waals surface area contributed by atoms with E-state index in [4.69, 9.17) is 21.1 Å². The maximum Gasteiger partial charge on any atom is 0.273 e. The number of nitrogens with zero attached hydrogens (tertiary/aromatic N) is 1. The Labute approximate surface area is 173 Å². The third-order valence-corrected chi connectivity index (χ3v) is 4.83. The maximum absolute atomic E-state index is 13.2. The fourth-order valence-corrected chi connectivity index (χ4v) is 3.40. The van der Waals surface area contributed by atoms with Gasteiger partial charge in [0, 0.05) is 6.54 Å². The van der Waals surface area contributed by atoms with E-state index in [1.807, 2.05) is 32.0 Å². The molecule has 0 aromatic heterocycles. The van der Waals surface area contributed by atoms with Gasteiger partial charge in [-0.15, -0.1) is 0 Å². The van der Waals surface area contributed by atoms with Crippen LogP contribution in [-0.4, -0.2) is 36.5 Å². The first-order valence-electron chi connectivity index (χ1n) is 9.36. The van der Waals surface area contributed by atoms with Crippen molar-refractivity contribution < 1.29 is 23.5 Å². The predicted octanol–water partition coefficient (Wildman–Crippen LogP) is 4.18. The summed E-state index contributed by atoms with van der Waals surface area (Å²) in [6, 6.07) is 10.8. The third-order valence-electron chi connectivity index (χ3n) is 4.48. The van der Waals surface area contributed by atoms with Crippen molar-refractivity contribution in [2.75, 3.05) is 19.8 Å². The Bertz CT molecular complexity index is 956. The predicted molar refractivity (Wildman–Crippen MR) is 108 cm³/mol. The standard InChI is InChI=1S/C22H21ClFNO4/c1-3-28-17-10-5-14(13-18(17)29-4-2)11-12-25-21(26)19(20(23)22(25)27)15-6-8-16(24)9-7-15/h5-10,13H,3-4,11-12H2,1-2H3. The topological polar surface area (TPSA) is 55.8 Å². The van der Waals surface area contributed by atoms with Gasteiger partial charge in [-0.2, -0.15) is 0 Å². The molecule has 0 N–H and O–H groups in total. The van der Waals surface area contributed by atoms with E-state index >= 15 is 0 Å². The van der Waals surface area contributed by atoms with Crippen LogP contribution in [0.15, 0.2) is 47.5 Å². The summed E-state index contributed by atoms with van der Waals surface area (Å²) in [5, 5.41) is -0.150. The minimum atomic E-state index is -0.549. The van der Waals surface area contributed by atoms with Crippen molar-refractivity contribution in [2.45, 2.75) is 20.3 Å². The van der Waals surface area contributed by atoms with Crippen molar-refractivity contribution in [3.63, 3.8) is 0 Å². The van der Waals surface area contributed by atoms with Gasteiger partial charge in [0.15, 0.2) is 11.5 Å². The molecule has 5 nitrogen and oxygen atoms in total. The van der Waals surface area contributed by atoms with Crippen LogP contribution >= 0.6 is 11.6 Å². The SMILES string of the molecule is CCOc1ccc(CCN2C(=O)C(Cl)=C(c3ccc(F)cc3)C2=O)cc1OCC. The minimum Gasteiger partial charge on any atom is -0.490 e. The smallest absolute Gasteiger partial charge is 0.273 e. The Hall–Kier alpha value is -2.86. The highest BCUT2D eigenvalue weighted by atomic mass is 35.5. The Kier molecular flexibility index (Phi) is 6.54. The zero-order chi connectivity index (χ0) is 21.0. The number of hydrogen-bond acceptors (Lipinski definition) is 4. The van der Waals surface area contributed by atoms with Crippen LogP contribution in [0.25, 0.3) is 5.57 Å². The monoisotopic (exact) mass is 417 g/mol. The number of halogens is 2. The third kappa shape index (κ3) is 4.43. The second kappa shape index (κ2) is 9.09. The molecule has 0 saturated heterocycles. The number of amides is 2. The average molecular weight is 418 g/mol. The zero-order valence-electron chi connectivity index (χ0n) is 16.2. The lowest BCUT2D eigenvalue weighted by Crippen LogP contribution is -2.33. The van der Waals surface area contributed by atoms with Crippen LogP contribution in [0, 0.1) is 5.82 Å². The molecule has 0 spiro atoms. The average Bonchev–Trinajstić information content (AvgIpc) is 2.92. The second-order valence-electron chi connectivity index (χ2n) is 6.35. The number of carbonyl (C=O) groups is 2. The van der Waals surface area contributed by atoms with Crippen LogP contribution in [0.4, 0.5) is 4.39 Å². The van der Waals surface area contributed by atoms with E-state index in [9.17, 15) is 14.0 Å². The maximum atomic E-state index is 13.2. The quantitative estimate of drug-likeness (QED) is 0.604. The van der Waals surface area contributed by atoms with Gasteiger partial charge in [-0.1, -0.05) is 29.8 Å². The van der Waals surface area contributed by atoms with E-state index in [1.165, 1.54) is 24.3 Å². The van der Waals surface area contributed by atoms with Crippen molar-refractivity contribution in [1.29, 1.82) is 0 Å². The van der Waals surface area contributed by atoms with Gasteiger partial charge in [0.2, 0.25) is 0 Å². The Morgan fingerprint density at radius 2 is 1.59 bits per heavy atom. The Morgan fingerprint density at radius 1 is 0.931 bits per heavy atom. The molecular weight excluding hydrogens is 397 g/mol. The summed E-state index contributed by atoms with van der Waals surface area (Å²) in [5.74, 6) is -0.196. The second-order valence-corrected chi connectivity index (χ2v) is 6.73. The lowest BCUT2D eigenvalue weighted by Gasteiger charge is -2.16. The van der Waals surface area contributed by atoms with Crippen molar-refractivity contribution in [1.82, 2.24) is 4.90 Å². The van der Waals surface area contributed by atoms with Crippen molar-refractivity contribution >= 4 is 29.0 Å². The fourth-order valence-electron chi connectivity index (χ4n) is 3.11. The van der Waals surface area contributed by atoms with Crippen molar-refractivity contribution in [2.24, 2.45) is 0 Å². The van der Waals surface area contributed by atoms with E-state index in [0.29, 0.717) is 36.7 Å². The molecule has 2 aromatic carbocycles. The van der Waals surface area contributed by atoms with E-state index < -0.39 is 17.6 Å². The molecule has 0 unspecified atom stereocenters. The highest BCUT2D eigenvalue weighted by Gasteiger charge is 2.37. The van der Waals surface area contributed by atoms with Gasteiger partial charge in [-0.05, 0) is 55.7 Å². The number of ether oxygens (including phenoxy) is 2. The number of imide groups is 1. The molecule has 1 heterocycles. The summed E-state index contributed by atoms with van der Waals surface area (Å²) in [5.41, 5.74) is 1.40. The normalized spacial score (nSPS) is 14.0. The molecule has 1 aliphatic heterocycles. The van der Waals surface area contributed by atoms with Gasteiger partial charge in [-0.25, -0.2) is 4.39 Å². The Balaban J connectivity index is 1.75. The highest BCUT2D eigenvalue weighted by Crippen LogP contribution is 2.33. The summed E-state index contributed by atoms with van der Waals surface area (Å²) < 4.78 is 24.3. The van der Waals surface area contributed by atoms with E-state index in [2.05, 4.69) is 0 Å². The Morgan fingerprint density at radius 3 is 2.24 bits per heavy atom. The number of carbonyl (C=O) groups excluding carboxylic acids is 2. The van der Waals surface area contributed by atoms with Crippen molar-refractivity contribution in [3.05, 3.63) is 64.4 Å². The minimum absolute atomic E-state index is 0.0957. The molecule has 3 rings (SSSR count). The molecule has 0 radical (unpaired) electrons. The van der Waals surface area contributed by atoms with Crippen LogP contribution in [-0.2, 0) is 16.0 Å². The summed E-state index contributed by atoms with van der Waals surface area (Å²) in [6.07, 6.45) is 0.435. The number of hydrogen-bond donors (Lipinski definition) is 0. The largest absolute Gasteiger partial charge is 0.490 e. The van der Waals surface area contributed by atoms with Gasteiger partial charge < -0.3 is 9.47 Å². The molecule has 1 aliphatic rings. The van der Waals surface area contributed by atoms with Gasteiger partial charge in [-0.3, -0.25) is 14.5 Å². The van der Waals surface area contributed by atoms with Gasteiger partial charge in [0.1, 0.15) is 10.8 Å². The molecule has 29 heavy (non-hydrogen) atoms. The van der Waals surface area contributed by atoms with Crippen LogP contribution in [0.1, 0.15) is 25.0 Å². The van der Waals surface area contributed by atoms with Crippen LogP contribution in [0.5, 0.6) is 11.5 Å². The lowest BCUT2D eigenvalue weighted by molar-refractivity contribution is -0.136. The molecule has 0 aliphatic carbocycles. The highest BCUT2D eigenvalue weighted by molar-refractivity contribution is 6.55. The summed E-state index contributed by atoms with van der Waals surface area (Å²) >= 11 is 6.13. The number of benzene rings is 2. The summed E-state index contributed by atoms with van der Waals surface area (Å²) in [7, 11) is 0. The molecular formula is C22H21ClFNO4. The first-order chi connectivity index (χ1) is 14.0. The summed E-state index contributed by atoms with van der Waals surface area (Å²) in [6.45, 7) is 4.95. The van der Waals surface area contributed by atoms with Gasteiger partial charge in [0.25, 0.3) is 11.8 Å². The lowest BCUT2D eigenvalue weighted by atomic mass is 10.1.